The van der Waals surface area contributed by atoms with Gasteiger partial charge in [0.1, 0.15) is 0 Å². The van der Waals surface area contributed by atoms with Gasteiger partial charge >= 0.3 is 0 Å². The van der Waals surface area contributed by atoms with E-state index in [2.05, 4.69) is 4.72 Å². The van der Waals surface area contributed by atoms with Crippen LogP contribution in [0.4, 0.5) is 0 Å². The van der Waals surface area contributed by atoms with Gasteiger partial charge < -0.3 is 0 Å². The molecule has 2 rings (SSSR count). The van der Waals surface area contributed by atoms with Crippen LogP contribution in [-0.4, -0.2) is 34.4 Å². The lowest BCUT2D eigenvalue weighted by Gasteiger charge is -2.12. The number of hydrogen-bond acceptors (Lipinski definition) is 4. The number of benzene rings is 1. The summed E-state index contributed by atoms with van der Waals surface area (Å²) in [4.78, 5) is 0. The molecular weight excluding hydrogens is 286 g/mol. The molecule has 1 aliphatic rings. The van der Waals surface area contributed by atoms with Gasteiger partial charge in [-0.2, -0.15) is 0 Å². The second-order valence-corrected chi connectivity index (χ2v) is 8.89. The molecule has 19 heavy (non-hydrogen) atoms. The van der Waals surface area contributed by atoms with Crippen molar-refractivity contribution in [3.05, 3.63) is 35.4 Å². The van der Waals surface area contributed by atoms with Crippen molar-refractivity contribution in [2.45, 2.75) is 25.1 Å². The molecule has 0 saturated carbocycles. The Bertz CT molecular complexity index is 665. The first-order chi connectivity index (χ1) is 8.77. The fraction of sp³-hybridized carbons (Fsp3) is 0.500. The van der Waals surface area contributed by atoms with Gasteiger partial charge in [-0.3, -0.25) is 0 Å². The Morgan fingerprint density at radius 3 is 2.58 bits per heavy atom. The summed E-state index contributed by atoms with van der Waals surface area (Å²) in [6.07, 6.45) is 0.356. The molecule has 7 heteroatoms. The molecule has 1 fully saturated rings. The maximum Gasteiger partial charge on any atom is 0.216 e. The van der Waals surface area contributed by atoms with E-state index in [1.165, 1.54) is 0 Å². The minimum absolute atomic E-state index is 0.0601. The summed E-state index contributed by atoms with van der Waals surface area (Å²) >= 11 is 0. The van der Waals surface area contributed by atoms with Crippen molar-refractivity contribution in [2.75, 3.05) is 11.5 Å². The van der Waals surface area contributed by atoms with E-state index in [-0.39, 0.29) is 17.3 Å². The average Bonchev–Trinajstić information content (AvgIpc) is 2.60. The summed E-state index contributed by atoms with van der Waals surface area (Å²) < 4.78 is 49.1. The molecule has 1 aromatic rings. The van der Waals surface area contributed by atoms with Crippen LogP contribution in [0.25, 0.3) is 0 Å². The smallest absolute Gasteiger partial charge is 0.216 e. The largest absolute Gasteiger partial charge is 0.229 e. The quantitative estimate of drug-likeness (QED) is 0.883. The highest BCUT2D eigenvalue weighted by Crippen LogP contribution is 2.15. The number of sulfonamides is 1. The zero-order valence-corrected chi connectivity index (χ0v) is 12.3. The van der Waals surface area contributed by atoms with Crippen LogP contribution in [0.3, 0.4) is 0 Å². The van der Waals surface area contributed by atoms with Gasteiger partial charge in [-0.25, -0.2) is 21.6 Å². The molecule has 106 valence electrons. The van der Waals surface area contributed by atoms with Crippen molar-refractivity contribution in [3.8, 4) is 0 Å². The van der Waals surface area contributed by atoms with E-state index in [1.807, 2.05) is 19.1 Å². The Hall–Kier alpha value is -0.920. The highest BCUT2D eigenvalue weighted by molar-refractivity contribution is 7.92. The second kappa shape index (κ2) is 5.22. The monoisotopic (exact) mass is 303 g/mol. The summed E-state index contributed by atoms with van der Waals surface area (Å²) in [5.74, 6) is -0.152. The minimum atomic E-state index is -3.51. The Balaban J connectivity index is 2.06. The fourth-order valence-corrected chi connectivity index (χ4v) is 5.46. The summed E-state index contributed by atoms with van der Waals surface area (Å²) in [6, 6.07) is 6.77. The van der Waals surface area contributed by atoms with Gasteiger partial charge in [-0.1, -0.05) is 24.3 Å². The summed E-state index contributed by atoms with van der Waals surface area (Å²) in [6.45, 7) is 1.85. The lowest BCUT2D eigenvalue weighted by Crippen LogP contribution is -2.36. The van der Waals surface area contributed by atoms with Crippen LogP contribution in [0, 0.1) is 6.92 Å². The molecule has 1 N–H and O–H groups in total. The molecule has 1 atom stereocenters. The predicted molar refractivity (Wildman–Crippen MR) is 74.0 cm³/mol. The van der Waals surface area contributed by atoms with Gasteiger partial charge in [0, 0.05) is 6.04 Å². The number of sulfone groups is 1. The molecule has 1 saturated heterocycles. The molecular formula is C12H17NO4S2. The third-order valence-corrected chi connectivity index (χ3v) is 6.34. The fourth-order valence-electron chi connectivity index (χ4n) is 2.16. The molecule has 1 aromatic carbocycles. The molecule has 1 unspecified atom stereocenters. The van der Waals surface area contributed by atoms with Gasteiger partial charge in [0.05, 0.1) is 17.3 Å². The minimum Gasteiger partial charge on any atom is -0.229 e. The van der Waals surface area contributed by atoms with Crippen LogP contribution < -0.4 is 4.72 Å². The number of aryl methyl sites for hydroxylation is 1. The summed E-state index contributed by atoms with van der Waals surface area (Å²) in [5, 5.41) is 0. The normalized spacial score (nSPS) is 22.5. The van der Waals surface area contributed by atoms with Crippen molar-refractivity contribution >= 4 is 19.9 Å². The van der Waals surface area contributed by atoms with Gasteiger partial charge in [-0.05, 0) is 24.5 Å². The Labute approximate surface area is 114 Å². The second-order valence-electron chi connectivity index (χ2n) is 4.90. The maximum atomic E-state index is 12.0. The van der Waals surface area contributed by atoms with Crippen molar-refractivity contribution < 1.29 is 16.8 Å². The van der Waals surface area contributed by atoms with Crippen molar-refractivity contribution in [1.29, 1.82) is 0 Å². The highest BCUT2D eigenvalue weighted by atomic mass is 32.2. The first-order valence-electron chi connectivity index (χ1n) is 6.02. The molecule has 0 radical (unpaired) electrons. The van der Waals surface area contributed by atoms with E-state index >= 15 is 0 Å². The van der Waals surface area contributed by atoms with Crippen LogP contribution in [0.15, 0.2) is 24.3 Å². The number of rotatable bonds is 4. The van der Waals surface area contributed by atoms with E-state index in [9.17, 15) is 16.8 Å². The summed E-state index contributed by atoms with van der Waals surface area (Å²) in [5.41, 5.74) is 1.64. The summed E-state index contributed by atoms with van der Waals surface area (Å²) in [7, 11) is -6.58. The van der Waals surface area contributed by atoms with Crippen LogP contribution in [0.1, 0.15) is 17.5 Å². The van der Waals surface area contributed by atoms with E-state index in [4.69, 9.17) is 0 Å². The first kappa shape index (κ1) is 14.5. The third-order valence-electron chi connectivity index (χ3n) is 3.19. The van der Waals surface area contributed by atoms with Crippen molar-refractivity contribution in [3.63, 3.8) is 0 Å². The maximum absolute atomic E-state index is 12.0. The molecule has 0 aliphatic carbocycles. The zero-order valence-electron chi connectivity index (χ0n) is 10.7. The number of hydrogen-bond donors (Lipinski definition) is 1. The van der Waals surface area contributed by atoms with E-state index in [1.54, 1.807) is 12.1 Å². The van der Waals surface area contributed by atoms with Crippen molar-refractivity contribution in [1.82, 2.24) is 4.72 Å². The molecule has 5 nitrogen and oxygen atoms in total. The van der Waals surface area contributed by atoms with Crippen LogP contribution in [0.2, 0.25) is 0 Å². The molecule has 0 bridgehead atoms. The molecule has 1 heterocycles. The lowest BCUT2D eigenvalue weighted by atomic mass is 10.1. The third kappa shape index (κ3) is 4.02. The Kier molecular flexibility index (Phi) is 3.98. The Morgan fingerprint density at radius 1 is 1.32 bits per heavy atom. The predicted octanol–water partition coefficient (Wildman–Crippen LogP) is 0.602. The van der Waals surface area contributed by atoms with Gasteiger partial charge in [0.25, 0.3) is 0 Å². The molecule has 1 aliphatic heterocycles. The highest BCUT2D eigenvalue weighted by Gasteiger charge is 2.30. The van der Waals surface area contributed by atoms with E-state index in [0.29, 0.717) is 6.42 Å². The van der Waals surface area contributed by atoms with Crippen LogP contribution in [-0.2, 0) is 25.6 Å². The van der Waals surface area contributed by atoms with Gasteiger partial charge in [0.15, 0.2) is 9.84 Å². The van der Waals surface area contributed by atoms with E-state index in [0.717, 1.165) is 11.1 Å². The Morgan fingerprint density at radius 2 is 2.00 bits per heavy atom. The topological polar surface area (TPSA) is 80.3 Å². The molecule has 0 spiro atoms. The molecule has 0 amide bonds. The standard InChI is InChI=1S/C12H17NO4S2/c1-10-4-2-3-5-11(10)8-19(16,17)13-12-6-7-18(14,15)9-12/h2-5,12-13H,6-9H2,1H3. The van der Waals surface area contributed by atoms with Gasteiger partial charge in [0.2, 0.25) is 10.0 Å². The zero-order chi connectivity index (χ0) is 14.1. The van der Waals surface area contributed by atoms with Crippen LogP contribution in [0.5, 0.6) is 0 Å². The lowest BCUT2D eigenvalue weighted by molar-refractivity contribution is 0.561. The molecule has 0 aromatic heterocycles. The van der Waals surface area contributed by atoms with Gasteiger partial charge in [-0.15, -0.1) is 0 Å². The number of nitrogens with one attached hydrogen (secondary N) is 1. The SMILES string of the molecule is Cc1ccccc1CS(=O)(=O)NC1CCS(=O)(=O)C1. The van der Waals surface area contributed by atoms with Crippen molar-refractivity contribution in [2.24, 2.45) is 0 Å². The average molecular weight is 303 g/mol. The van der Waals surface area contributed by atoms with Crippen LogP contribution >= 0.6 is 0 Å². The first-order valence-corrected chi connectivity index (χ1v) is 9.50. The van der Waals surface area contributed by atoms with E-state index < -0.39 is 25.9 Å².